The van der Waals surface area contributed by atoms with E-state index in [4.69, 9.17) is 16.6 Å². The van der Waals surface area contributed by atoms with Gasteiger partial charge in [0.05, 0.1) is 12.5 Å². The molecule has 0 heterocycles. The van der Waals surface area contributed by atoms with Crippen LogP contribution < -0.4 is 16.8 Å². The molecule has 0 rings (SSSR count). The van der Waals surface area contributed by atoms with Crippen molar-refractivity contribution < 1.29 is 19.5 Å². The number of hydrogen-bond acceptors (Lipinski definition) is 5. The van der Waals surface area contributed by atoms with Crippen molar-refractivity contribution in [3.05, 3.63) is 0 Å². The smallest absolute Gasteiger partial charge is 0.305 e. The largest absolute Gasteiger partial charge is 0.481 e. The van der Waals surface area contributed by atoms with Crippen molar-refractivity contribution in [2.75, 3.05) is 12.0 Å². The van der Waals surface area contributed by atoms with Crippen molar-refractivity contribution in [1.29, 1.82) is 0 Å². The van der Waals surface area contributed by atoms with Crippen LogP contribution in [0.4, 0.5) is 0 Å². The summed E-state index contributed by atoms with van der Waals surface area (Å²) >= 11 is 1.54. The number of carboxylic acid groups (broad SMARTS) is 1. The lowest BCUT2D eigenvalue weighted by molar-refractivity contribution is -0.140. The summed E-state index contributed by atoms with van der Waals surface area (Å²) in [5.74, 6) is -1.97. The van der Waals surface area contributed by atoms with Gasteiger partial charge in [0.2, 0.25) is 11.8 Å². The molecule has 2 amide bonds. The quantitative estimate of drug-likeness (QED) is 0.421. The molecular formula is C9H17N3O4S. The van der Waals surface area contributed by atoms with E-state index in [1.807, 2.05) is 6.26 Å². The van der Waals surface area contributed by atoms with Gasteiger partial charge >= 0.3 is 5.97 Å². The van der Waals surface area contributed by atoms with Gasteiger partial charge in [0.25, 0.3) is 0 Å². The molecule has 2 atom stereocenters. The van der Waals surface area contributed by atoms with Crippen molar-refractivity contribution >= 4 is 29.5 Å². The van der Waals surface area contributed by atoms with Crippen molar-refractivity contribution in [3.63, 3.8) is 0 Å². The Morgan fingerprint density at radius 1 is 1.41 bits per heavy atom. The molecule has 0 aliphatic rings. The van der Waals surface area contributed by atoms with Gasteiger partial charge in [-0.15, -0.1) is 0 Å². The molecule has 8 heteroatoms. The zero-order chi connectivity index (χ0) is 13.4. The number of nitrogens with two attached hydrogens (primary N) is 2. The van der Waals surface area contributed by atoms with Crippen molar-refractivity contribution in [3.8, 4) is 0 Å². The van der Waals surface area contributed by atoms with E-state index in [0.29, 0.717) is 12.2 Å². The van der Waals surface area contributed by atoms with E-state index in [-0.39, 0.29) is 0 Å². The number of amides is 2. The summed E-state index contributed by atoms with van der Waals surface area (Å²) in [6.07, 6.45) is 1.78. The van der Waals surface area contributed by atoms with Crippen molar-refractivity contribution in [2.45, 2.75) is 24.9 Å². The number of carbonyl (C=O) groups excluding carboxylic acids is 2. The van der Waals surface area contributed by atoms with Gasteiger partial charge in [0, 0.05) is 0 Å². The molecular weight excluding hydrogens is 246 g/mol. The van der Waals surface area contributed by atoms with Crippen LogP contribution in [0.25, 0.3) is 0 Å². The number of rotatable bonds is 8. The molecule has 7 nitrogen and oxygen atoms in total. The lowest BCUT2D eigenvalue weighted by Gasteiger charge is -2.16. The zero-order valence-corrected chi connectivity index (χ0v) is 10.3. The topological polar surface area (TPSA) is 136 Å². The van der Waals surface area contributed by atoms with Crippen LogP contribution in [-0.4, -0.2) is 47.0 Å². The lowest BCUT2D eigenvalue weighted by atomic mass is 10.1. The predicted molar refractivity (Wildman–Crippen MR) is 64.4 cm³/mol. The van der Waals surface area contributed by atoms with E-state index in [1.54, 1.807) is 0 Å². The molecule has 0 unspecified atom stereocenters. The van der Waals surface area contributed by atoms with Gasteiger partial charge in [-0.1, -0.05) is 0 Å². The third-order valence-electron chi connectivity index (χ3n) is 2.01. The first-order valence-electron chi connectivity index (χ1n) is 4.94. The first-order chi connectivity index (χ1) is 7.88. The molecule has 0 aromatic rings. The van der Waals surface area contributed by atoms with Crippen LogP contribution in [0, 0.1) is 0 Å². The standard InChI is InChI=1S/C9H17N3O4S/c1-17-3-2-5(10)9(16)12-6(8(11)15)4-7(13)14/h5-6H,2-4,10H2,1H3,(H2,11,15)(H,12,16)(H,13,14)/t5-,6-/m0/s1. The Bertz CT molecular complexity index is 298. The van der Waals surface area contributed by atoms with Gasteiger partial charge in [-0.05, 0) is 18.4 Å². The average molecular weight is 263 g/mol. The Labute approximate surface area is 103 Å². The second-order valence-corrected chi connectivity index (χ2v) is 4.43. The summed E-state index contributed by atoms with van der Waals surface area (Å²) in [5.41, 5.74) is 10.5. The SMILES string of the molecule is CSCC[C@H](N)C(=O)N[C@@H](CC(=O)O)C(N)=O. The summed E-state index contributed by atoms with van der Waals surface area (Å²) < 4.78 is 0. The fourth-order valence-corrected chi connectivity index (χ4v) is 1.54. The van der Waals surface area contributed by atoms with Gasteiger partial charge in [-0.2, -0.15) is 11.8 Å². The molecule has 17 heavy (non-hydrogen) atoms. The predicted octanol–water partition coefficient (Wildman–Crippen LogP) is -1.49. The Kier molecular flexibility index (Phi) is 7.31. The molecule has 0 aromatic heterocycles. The Hall–Kier alpha value is -1.28. The highest BCUT2D eigenvalue weighted by atomic mass is 32.2. The summed E-state index contributed by atoms with van der Waals surface area (Å²) in [6.45, 7) is 0. The number of carbonyl (C=O) groups is 3. The second kappa shape index (κ2) is 7.91. The number of thioether (sulfide) groups is 1. The van der Waals surface area contributed by atoms with Crippen LogP contribution in [0.3, 0.4) is 0 Å². The minimum Gasteiger partial charge on any atom is -0.481 e. The fourth-order valence-electron chi connectivity index (χ4n) is 1.05. The van der Waals surface area contributed by atoms with Crippen molar-refractivity contribution in [1.82, 2.24) is 5.32 Å². The molecule has 0 saturated heterocycles. The third kappa shape index (κ3) is 6.80. The first kappa shape index (κ1) is 15.7. The van der Waals surface area contributed by atoms with Gasteiger partial charge in [0.15, 0.2) is 0 Å². The van der Waals surface area contributed by atoms with E-state index in [9.17, 15) is 14.4 Å². The van der Waals surface area contributed by atoms with Crippen LogP contribution >= 0.6 is 11.8 Å². The van der Waals surface area contributed by atoms with Crippen LogP contribution in [0.5, 0.6) is 0 Å². The van der Waals surface area contributed by atoms with Crippen LogP contribution in [0.15, 0.2) is 0 Å². The lowest BCUT2D eigenvalue weighted by Crippen LogP contribution is -2.51. The maximum absolute atomic E-state index is 11.5. The Balaban J connectivity index is 4.29. The van der Waals surface area contributed by atoms with E-state index >= 15 is 0 Å². The Morgan fingerprint density at radius 2 is 2.00 bits per heavy atom. The van der Waals surface area contributed by atoms with Gasteiger partial charge in [-0.25, -0.2) is 0 Å². The van der Waals surface area contributed by atoms with Gasteiger partial charge < -0.3 is 21.9 Å². The molecule has 0 spiro atoms. The first-order valence-corrected chi connectivity index (χ1v) is 6.33. The van der Waals surface area contributed by atoms with E-state index < -0.39 is 36.3 Å². The molecule has 0 fully saturated rings. The van der Waals surface area contributed by atoms with E-state index in [1.165, 1.54) is 11.8 Å². The highest BCUT2D eigenvalue weighted by Crippen LogP contribution is 2.00. The van der Waals surface area contributed by atoms with Crippen molar-refractivity contribution in [2.24, 2.45) is 11.5 Å². The number of carboxylic acids is 1. The molecule has 0 bridgehead atoms. The number of aliphatic carboxylic acids is 1. The van der Waals surface area contributed by atoms with Crippen LogP contribution in [0.1, 0.15) is 12.8 Å². The molecule has 98 valence electrons. The molecule has 0 aliphatic heterocycles. The van der Waals surface area contributed by atoms with Crippen LogP contribution in [0.2, 0.25) is 0 Å². The third-order valence-corrected chi connectivity index (χ3v) is 2.65. The highest BCUT2D eigenvalue weighted by Gasteiger charge is 2.23. The van der Waals surface area contributed by atoms with Gasteiger partial charge in [0.1, 0.15) is 6.04 Å². The minimum absolute atomic E-state index is 0.450. The number of hydrogen-bond donors (Lipinski definition) is 4. The summed E-state index contributed by atoms with van der Waals surface area (Å²) in [7, 11) is 0. The number of primary amides is 1. The zero-order valence-electron chi connectivity index (χ0n) is 9.51. The minimum atomic E-state index is -1.22. The number of nitrogens with one attached hydrogen (secondary N) is 1. The highest BCUT2D eigenvalue weighted by molar-refractivity contribution is 7.98. The summed E-state index contributed by atoms with van der Waals surface area (Å²) in [6, 6.07) is -1.99. The maximum atomic E-state index is 11.5. The molecule has 0 saturated carbocycles. The van der Waals surface area contributed by atoms with E-state index in [2.05, 4.69) is 5.32 Å². The van der Waals surface area contributed by atoms with Gasteiger partial charge in [-0.3, -0.25) is 14.4 Å². The normalized spacial score (nSPS) is 13.8. The molecule has 0 radical (unpaired) electrons. The summed E-state index contributed by atoms with van der Waals surface area (Å²) in [5, 5.41) is 10.8. The fraction of sp³-hybridized carbons (Fsp3) is 0.667. The molecule has 0 aliphatic carbocycles. The Morgan fingerprint density at radius 3 is 2.41 bits per heavy atom. The maximum Gasteiger partial charge on any atom is 0.305 e. The van der Waals surface area contributed by atoms with Crippen LogP contribution in [-0.2, 0) is 14.4 Å². The second-order valence-electron chi connectivity index (χ2n) is 3.45. The van der Waals surface area contributed by atoms with E-state index in [0.717, 1.165) is 0 Å². The monoisotopic (exact) mass is 263 g/mol. The molecule has 0 aromatic carbocycles. The average Bonchev–Trinajstić information content (AvgIpc) is 2.23. The summed E-state index contributed by atoms with van der Waals surface area (Å²) in [4.78, 5) is 32.8. The molecule has 6 N–H and O–H groups in total.